The standard InChI is InChI=1S/C15H10Cl2F3NO/c16-11-5-6-12(13(17)7-11)14(22)21-8-9-1-3-10(4-2-9)15(18,19)20/h1-7H,8H2,(H,21,22). The van der Waals surface area contributed by atoms with Gasteiger partial charge in [0, 0.05) is 11.6 Å². The highest BCUT2D eigenvalue weighted by atomic mass is 35.5. The summed E-state index contributed by atoms with van der Waals surface area (Å²) in [5.41, 5.74) is 0.0627. The minimum atomic E-state index is -4.38. The Bertz CT molecular complexity index is 684. The molecule has 22 heavy (non-hydrogen) atoms. The van der Waals surface area contributed by atoms with Crippen LogP contribution in [0.15, 0.2) is 42.5 Å². The Morgan fingerprint density at radius 3 is 2.23 bits per heavy atom. The summed E-state index contributed by atoms with van der Waals surface area (Å²) in [5.74, 6) is -0.429. The normalized spacial score (nSPS) is 11.3. The molecule has 0 aliphatic carbocycles. The Hall–Kier alpha value is -1.72. The van der Waals surface area contributed by atoms with E-state index in [4.69, 9.17) is 23.2 Å². The lowest BCUT2D eigenvalue weighted by atomic mass is 10.1. The smallest absolute Gasteiger partial charge is 0.348 e. The van der Waals surface area contributed by atoms with E-state index in [1.807, 2.05) is 0 Å². The number of nitrogens with one attached hydrogen (secondary N) is 1. The van der Waals surface area contributed by atoms with E-state index in [0.29, 0.717) is 10.6 Å². The number of rotatable bonds is 3. The van der Waals surface area contributed by atoms with Gasteiger partial charge in [0.25, 0.3) is 5.91 Å². The molecular formula is C15H10Cl2F3NO. The number of carbonyl (C=O) groups is 1. The summed E-state index contributed by atoms with van der Waals surface area (Å²) in [6, 6.07) is 9.01. The molecule has 0 aromatic heterocycles. The molecule has 2 rings (SSSR count). The topological polar surface area (TPSA) is 29.1 Å². The van der Waals surface area contributed by atoms with Crippen LogP contribution in [0.3, 0.4) is 0 Å². The summed E-state index contributed by atoms with van der Waals surface area (Å²) in [7, 11) is 0. The van der Waals surface area contributed by atoms with Crippen molar-refractivity contribution in [2.24, 2.45) is 0 Å². The van der Waals surface area contributed by atoms with Gasteiger partial charge in [-0.1, -0.05) is 35.3 Å². The van der Waals surface area contributed by atoms with E-state index < -0.39 is 17.6 Å². The van der Waals surface area contributed by atoms with Crippen LogP contribution in [0.2, 0.25) is 10.0 Å². The van der Waals surface area contributed by atoms with Gasteiger partial charge in [0.15, 0.2) is 0 Å². The molecule has 0 aliphatic heterocycles. The molecule has 0 spiro atoms. The molecule has 7 heteroatoms. The number of hydrogen-bond donors (Lipinski definition) is 1. The Labute approximate surface area is 134 Å². The Morgan fingerprint density at radius 1 is 1.05 bits per heavy atom. The monoisotopic (exact) mass is 347 g/mol. The highest BCUT2D eigenvalue weighted by Crippen LogP contribution is 2.29. The van der Waals surface area contributed by atoms with Gasteiger partial charge in [-0.05, 0) is 35.9 Å². The van der Waals surface area contributed by atoms with E-state index in [1.54, 1.807) is 0 Å². The van der Waals surface area contributed by atoms with Crippen LogP contribution < -0.4 is 5.32 Å². The summed E-state index contributed by atoms with van der Waals surface area (Å²) in [4.78, 5) is 12.0. The molecular weight excluding hydrogens is 338 g/mol. The lowest BCUT2D eigenvalue weighted by Gasteiger charge is -2.09. The van der Waals surface area contributed by atoms with Gasteiger partial charge in [0.2, 0.25) is 0 Å². The number of hydrogen-bond acceptors (Lipinski definition) is 1. The zero-order valence-corrected chi connectivity index (χ0v) is 12.6. The van der Waals surface area contributed by atoms with Crippen LogP contribution in [0.4, 0.5) is 13.2 Å². The third-order valence-corrected chi connectivity index (χ3v) is 3.46. The largest absolute Gasteiger partial charge is 0.416 e. The van der Waals surface area contributed by atoms with Gasteiger partial charge >= 0.3 is 6.18 Å². The van der Waals surface area contributed by atoms with Gasteiger partial charge in [-0.2, -0.15) is 13.2 Å². The molecule has 2 aromatic carbocycles. The Kier molecular flexibility index (Phi) is 4.98. The van der Waals surface area contributed by atoms with Crippen molar-refractivity contribution < 1.29 is 18.0 Å². The zero-order chi connectivity index (χ0) is 16.3. The van der Waals surface area contributed by atoms with Crippen molar-refractivity contribution in [3.63, 3.8) is 0 Å². The van der Waals surface area contributed by atoms with Gasteiger partial charge in [-0.25, -0.2) is 0 Å². The first-order valence-corrected chi connectivity index (χ1v) is 6.92. The van der Waals surface area contributed by atoms with Crippen LogP contribution in [0.1, 0.15) is 21.5 Å². The van der Waals surface area contributed by atoms with Crippen molar-refractivity contribution in [1.82, 2.24) is 5.32 Å². The molecule has 2 aromatic rings. The van der Waals surface area contributed by atoms with E-state index in [9.17, 15) is 18.0 Å². The van der Waals surface area contributed by atoms with Gasteiger partial charge in [-0.3, -0.25) is 4.79 Å². The predicted molar refractivity (Wildman–Crippen MR) is 79.1 cm³/mol. The first-order valence-electron chi connectivity index (χ1n) is 6.17. The van der Waals surface area contributed by atoms with Crippen molar-refractivity contribution in [3.8, 4) is 0 Å². The number of amides is 1. The van der Waals surface area contributed by atoms with E-state index in [2.05, 4.69) is 5.32 Å². The quantitative estimate of drug-likeness (QED) is 0.836. The fourth-order valence-corrected chi connectivity index (χ4v) is 2.26. The average Bonchev–Trinajstić information content (AvgIpc) is 2.44. The summed E-state index contributed by atoms with van der Waals surface area (Å²) in [6.07, 6.45) is -4.38. The lowest BCUT2D eigenvalue weighted by molar-refractivity contribution is -0.137. The second-order valence-corrected chi connectivity index (χ2v) is 5.35. The molecule has 0 atom stereocenters. The molecule has 0 aliphatic rings. The highest BCUT2D eigenvalue weighted by molar-refractivity contribution is 6.36. The van der Waals surface area contributed by atoms with E-state index >= 15 is 0 Å². The molecule has 0 saturated heterocycles. The SMILES string of the molecule is O=C(NCc1ccc(C(F)(F)F)cc1)c1ccc(Cl)cc1Cl. The first-order chi connectivity index (χ1) is 10.3. The van der Waals surface area contributed by atoms with Crippen LogP contribution in [-0.2, 0) is 12.7 Å². The number of alkyl halides is 3. The van der Waals surface area contributed by atoms with Gasteiger partial charge < -0.3 is 5.32 Å². The molecule has 0 saturated carbocycles. The van der Waals surface area contributed by atoms with E-state index in [-0.39, 0.29) is 17.1 Å². The molecule has 0 fully saturated rings. The van der Waals surface area contributed by atoms with Crippen LogP contribution in [0.25, 0.3) is 0 Å². The fourth-order valence-electron chi connectivity index (χ4n) is 1.76. The molecule has 0 radical (unpaired) electrons. The summed E-state index contributed by atoms with van der Waals surface area (Å²) in [6.45, 7) is 0.0932. The van der Waals surface area contributed by atoms with Crippen LogP contribution in [0.5, 0.6) is 0 Å². The van der Waals surface area contributed by atoms with Crippen molar-refractivity contribution in [1.29, 1.82) is 0 Å². The molecule has 2 nitrogen and oxygen atoms in total. The second-order valence-electron chi connectivity index (χ2n) is 4.50. The average molecular weight is 348 g/mol. The maximum atomic E-state index is 12.4. The Morgan fingerprint density at radius 2 is 1.68 bits per heavy atom. The third-order valence-electron chi connectivity index (χ3n) is 2.91. The predicted octanol–water partition coefficient (Wildman–Crippen LogP) is 4.94. The Balaban J connectivity index is 2.02. The maximum absolute atomic E-state index is 12.4. The third kappa shape index (κ3) is 4.15. The summed E-state index contributed by atoms with van der Waals surface area (Å²) < 4.78 is 37.3. The minimum Gasteiger partial charge on any atom is -0.348 e. The molecule has 116 valence electrons. The van der Waals surface area contributed by atoms with Crippen molar-refractivity contribution in [3.05, 3.63) is 69.2 Å². The first kappa shape index (κ1) is 16.6. The molecule has 0 unspecified atom stereocenters. The molecule has 0 bridgehead atoms. The summed E-state index contributed by atoms with van der Waals surface area (Å²) in [5, 5.41) is 3.20. The van der Waals surface area contributed by atoms with Crippen molar-refractivity contribution in [2.45, 2.75) is 12.7 Å². The van der Waals surface area contributed by atoms with Gasteiger partial charge in [0.1, 0.15) is 0 Å². The fraction of sp³-hybridized carbons (Fsp3) is 0.133. The van der Waals surface area contributed by atoms with E-state index in [0.717, 1.165) is 12.1 Å². The van der Waals surface area contributed by atoms with Crippen LogP contribution in [0, 0.1) is 0 Å². The van der Waals surface area contributed by atoms with Gasteiger partial charge in [-0.15, -0.1) is 0 Å². The summed E-state index contributed by atoms with van der Waals surface area (Å²) >= 11 is 11.6. The maximum Gasteiger partial charge on any atom is 0.416 e. The highest BCUT2D eigenvalue weighted by Gasteiger charge is 2.29. The van der Waals surface area contributed by atoms with E-state index in [1.165, 1.54) is 30.3 Å². The molecule has 0 heterocycles. The zero-order valence-electron chi connectivity index (χ0n) is 11.0. The van der Waals surface area contributed by atoms with Crippen molar-refractivity contribution >= 4 is 29.1 Å². The molecule has 1 N–H and O–H groups in total. The van der Waals surface area contributed by atoms with Crippen LogP contribution >= 0.6 is 23.2 Å². The van der Waals surface area contributed by atoms with Crippen molar-refractivity contribution in [2.75, 3.05) is 0 Å². The van der Waals surface area contributed by atoms with Crippen LogP contribution in [-0.4, -0.2) is 5.91 Å². The number of carbonyl (C=O) groups excluding carboxylic acids is 1. The number of benzene rings is 2. The number of halogens is 5. The minimum absolute atomic E-state index is 0.0932. The molecule has 1 amide bonds. The lowest BCUT2D eigenvalue weighted by Crippen LogP contribution is -2.23. The van der Waals surface area contributed by atoms with Gasteiger partial charge in [0.05, 0.1) is 16.1 Å². The second kappa shape index (κ2) is 6.58.